The number of hydrogen-bond acceptors (Lipinski definition) is 0. The molecule has 0 aliphatic heterocycles. The first-order chi connectivity index (χ1) is 6.37. The zero-order chi connectivity index (χ0) is 13.1. The van der Waals surface area contributed by atoms with Gasteiger partial charge in [0.15, 0.2) is 0 Å². The van der Waals surface area contributed by atoms with Crippen molar-refractivity contribution in [3.05, 3.63) is 0 Å². The first-order valence-corrected chi connectivity index (χ1v) is 9.05. The van der Waals surface area contributed by atoms with E-state index in [1.807, 2.05) is 4.93 Å². The molecule has 2 heteroatoms. The van der Waals surface area contributed by atoms with Crippen molar-refractivity contribution in [2.75, 3.05) is 4.93 Å². The van der Waals surface area contributed by atoms with E-state index in [0.717, 1.165) is 0 Å². The Morgan fingerprint density at radius 3 is 0.667 bits per heavy atom. The largest absolute Gasteiger partial charge is 0.0901 e. The number of rotatable bonds is 0. The average molecular weight is 344 g/mol. The molecule has 0 bridgehead atoms. The van der Waals surface area contributed by atoms with E-state index < -0.39 is 0 Å². The second-order valence-electron chi connectivity index (χ2n) is 6.85. The lowest BCUT2D eigenvalue weighted by atomic mass is 10.2. The third-order valence-corrected chi connectivity index (χ3v) is 6.04. The lowest BCUT2D eigenvalue weighted by molar-refractivity contribution is 0.644. The molecular formula is C13H30IP. The van der Waals surface area contributed by atoms with Crippen molar-refractivity contribution in [3.63, 3.8) is 0 Å². The molecule has 0 atom stereocenters. The highest BCUT2D eigenvalue weighted by molar-refractivity contribution is 14.1. The van der Waals surface area contributed by atoms with Gasteiger partial charge in [-0.25, -0.2) is 0 Å². The normalized spacial score (nSPS) is 13.6. The number of hydrogen-bond donors (Lipinski definition) is 0. The first-order valence-electron chi connectivity index (χ1n) is 5.55. The summed E-state index contributed by atoms with van der Waals surface area (Å²) in [6, 6.07) is 0. The van der Waals surface area contributed by atoms with Crippen LogP contribution in [0.25, 0.3) is 0 Å². The number of alkyl halides is 1. The molecule has 0 fully saturated rings. The van der Waals surface area contributed by atoms with Gasteiger partial charge in [0.05, 0.1) is 0 Å². The Bertz CT molecular complexity index is 133. The SMILES string of the molecule is CC(C)(C)P(C(C)(C)C)C(C)(C)C.CI. The molecule has 0 unspecified atom stereocenters. The Kier molecular flexibility index (Phi) is 7.64. The van der Waals surface area contributed by atoms with Gasteiger partial charge in [-0.3, -0.25) is 0 Å². The van der Waals surface area contributed by atoms with Crippen LogP contribution in [0.2, 0.25) is 0 Å². The van der Waals surface area contributed by atoms with Gasteiger partial charge in [-0.1, -0.05) is 92.8 Å². The summed E-state index contributed by atoms with van der Waals surface area (Å²) in [6.45, 7) is 21.5. The fourth-order valence-electron chi connectivity index (χ4n) is 3.02. The van der Waals surface area contributed by atoms with Gasteiger partial charge < -0.3 is 0 Å². The van der Waals surface area contributed by atoms with Crippen molar-refractivity contribution >= 4 is 30.5 Å². The molecule has 0 saturated heterocycles. The summed E-state index contributed by atoms with van der Waals surface area (Å²) >= 11 is 2.15. The Labute approximate surface area is 113 Å². The Hall–Kier alpha value is 1.16. The van der Waals surface area contributed by atoms with Gasteiger partial charge >= 0.3 is 0 Å². The summed E-state index contributed by atoms with van der Waals surface area (Å²) in [5, 5.41) is 1.35. The summed E-state index contributed by atoms with van der Waals surface area (Å²) < 4.78 is 0. The fourth-order valence-corrected chi connectivity index (χ4v) is 9.06. The molecule has 0 amide bonds. The summed E-state index contributed by atoms with van der Waals surface area (Å²) in [5.41, 5.74) is 0. The lowest BCUT2D eigenvalue weighted by Gasteiger charge is -2.49. The van der Waals surface area contributed by atoms with Crippen molar-refractivity contribution in [3.8, 4) is 0 Å². The second kappa shape index (κ2) is 6.19. The molecule has 0 aromatic rings. The van der Waals surface area contributed by atoms with Gasteiger partial charge in [0.25, 0.3) is 0 Å². The zero-order valence-corrected chi connectivity index (χ0v) is 15.4. The van der Waals surface area contributed by atoms with Gasteiger partial charge in [-0.2, -0.15) is 0 Å². The van der Waals surface area contributed by atoms with E-state index in [1.54, 1.807) is 0 Å². The summed E-state index contributed by atoms with van der Waals surface area (Å²) in [7, 11) is 0.0162. The Morgan fingerprint density at radius 1 is 0.533 bits per heavy atom. The zero-order valence-electron chi connectivity index (χ0n) is 12.3. The molecular weight excluding hydrogens is 314 g/mol. The van der Waals surface area contributed by atoms with E-state index in [9.17, 15) is 0 Å². The summed E-state index contributed by atoms with van der Waals surface area (Å²) in [4.78, 5) is 1.97. The van der Waals surface area contributed by atoms with E-state index >= 15 is 0 Å². The van der Waals surface area contributed by atoms with Crippen LogP contribution in [-0.2, 0) is 0 Å². The minimum absolute atomic E-state index is 0.0162. The average Bonchev–Trinajstić information content (AvgIpc) is 1.79. The molecule has 0 aromatic carbocycles. The quantitative estimate of drug-likeness (QED) is 0.291. The van der Waals surface area contributed by atoms with E-state index in [0.29, 0.717) is 15.5 Å². The van der Waals surface area contributed by atoms with E-state index in [2.05, 4.69) is 84.9 Å². The first kappa shape index (κ1) is 18.5. The molecule has 0 aliphatic carbocycles. The molecule has 0 nitrogen and oxygen atoms in total. The topological polar surface area (TPSA) is 0 Å². The maximum atomic E-state index is 2.38. The standard InChI is InChI=1S/C12H27P.CH3I/c1-10(2,3)13(11(4,5)6)12(7,8)9;1-2/h1-9H3;1H3. The van der Waals surface area contributed by atoms with Crippen LogP contribution < -0.4 is 0 Å². The van der Waals surface area contributed by atoms with Crippen LogP contribution in [0.5, 0.6) is 0 Å². The van der Waals surface area contributed by atoms with E-state index in [-0.39, 0.29) is 7.92 Å². The third kappa shape index (κ3) is 7.15. The van der Waals surface area contributed by atoms with Gasteiger partial charge in [0, 0.05) is 0 Å². The maximum absolute atomic E-state index is 2.38. The van der Waals surface area contributed by atoms with Crippen molar-refractivity contribution in [1.82, 2.24) is 0 Å². The predicted molar refractivity (Wildman–Crippen MR) is 86.1 cm³/mol. The van der Waals surface area contributed by atoms with Gasteiger partial charge in [-0.05, 0) is 20.4 Å². The highest BCUT2D eigenvalue weighted by Crippen LogP contribution is 2.66. The van der Waals surface area contributed by atoms with Crippen molar-refractivity contribution < 1.29 is 0 Å². The highest BCUT2D eigenvalue weighted by Gasteiger charge is 2.41. The minimum atomic E-state index is 0.0162. The van der Waals surface area contributed by atoms with Crippen LogP contribution in [0.3, 0.4) is 0 Å². The molecule has 0 aromatic heterocycles. The molecule has 94 valence electrons. The molecule has 0 radical (unpaired) electrons. The molecule has 15 heavy (non-hydrogen) atoms. The van der Waals surface area contributed by atoms with Crippen molar-refractivity contribution in [2.24, 2.45) is 0 Å². The lowest BCUT2D eigenvalue weighted by Crippen LogP contribution is -2.34. The Morgan fingerprint density at radius 2 is 0.667 bits per heavy atom. The molecule has 0 N–H and O–H groups in total. The molecule has 0 spiro atoms. The molecule has 0 saturated carbocycles. The fraction of sp³-hybridized carbons (Fsp3) is 1.00. The van der Waals surface area contributed by atoms with Crippen LogP contribution >= 0.6 is 30.5 Å². The van der Waals surface area contributed by atoms with E-state index in [1.165, 1.54) is 0 Å². The molecule has 0 rings (SSSR count). The van der Waals surface area contributed by atoms with Crippen molar-refractivity contribution in [1.29, 1.82) is 0 Å². The molecule has 0 aliphatic rings. The number of halogens is 1. The van der Waals surface area contributed by atoms with Gasteiger partial charge in [0.2, 0.25) is 0 Å². The van der Waals surface area contributed by atoms with Gasteiger partial charge in [0.1, 0.15) is 0 Å². The Balaban J connectivity index is 0. The smallest absolute Gasteiger partial charge is 0.0121 e. The predicted octanol–water partition coefficient (Wildman–Crippen LogP) is 5.92. The molecule has 0 heterocycles. The van der Waals surface area contributed by atoms with E-state index in [4.69, 9.17) is 0 Å². The second-order valence-corrected chi connectivity index (χ2v) is 11.5. The van der Waals surface area contributed by atoms with Crippen LogP contribution in [0.4, 0.5) is 0 Å². The summed E-state index contributed by atoms with van der Waals surface area (Å²) in [5.74, 6) is 0. The summed E-state index contributed by atoms with van der Waals surface area (Å²) in [6.07, 6.45) is 0. The van der Waals surface area contributed by atoms with Crippen LogP contribution in [0.1, 0.15) is 62.3 Å². The van der Waals surface area contributed by atoms with Crippen LogP contribution in [0.15, 0.2) is 0 Å². The minimum Gasteiger partial charge on any atom is -0.0901 e. The van der Waals surface area contributed by atoms with Crippen LogP contribution in [-0.4, -0.2) is 20.4 Å². The van der Waals surface area contributed by atoms with Crippen LogP contribution in [0, 0.1) is 0 Å². The highest BCUT2D eigenvalue weighted by atomic mass is 127. The van der Waals surface area contributed by atoms with Crippen molar-refractivity contribution in [2.45, 2.75) is 77.8 Å². The monoisotopic (exact) mass is 344 g/mol. The third-order valence-electron chi connectivity index (χ3n) is 2.01. The van der Waals surface area contributed by atoms with Gasteiger partial charge in [-0.15, -0.1) is 0 Å². The maximum Gasteiger partial charge on any atom is -0.0121 e.